The van der Waals surface area contributed by atoms with Crippen molar-refractivity contribution in [2.24, 2.45) is 0 Å². The van der Waals surface area contributed by atoms with Crippen molar-refractivity contribution in [2.75, 3.05) is 6.54 Å². The van der Waals surface area contributed by atoms with Crippen LogP contribution in [0, 0.1) is 6.92 Å². The number of aromatic amines is 1. The van der Waals surface area contributed by atoms with E-state index < -0.39 is 0 Å². The fourth-order valence-electron chi connectivity index (χ4n) is 2.80. The molecule has 1 saturated heterocycles. The number of amides is 1. The van der Waals surface area contributed by atoms with Crippen molar-refractivity contribution in [3.05, 3.63) is 35.0 Å². The van der Waals surface area contributed by atoms with E-state index >= 15 is 0 Å². The molecule has 1 atom stereocenters. The van der Waals surface area contributed by atoms with Gasteiger partial charge in [-0.3, -0.25) is 14.9 Å². The van der Waals surface area contributed by atoms with E-state index in [1.807, 2.05) is 4.90 Å². The Bertz CT molecular complexity index is 861. The molecule has 0 radical (unpaired) electrons. The van der Waals surface area contributed by atoms with Crippen LogP contribution in [0.3, 0.4) is 0 Å². The molecule has 0 spiro atoms. The zero-order chi connectivity index (χ0) is 16.5. The second kappa shape index (κ2) is 6.04. The second-order valence-electron chi connectivity index (χ2n) is 5.48. The molecule has 0 saturated carbocycles. The first kappa shape index (κ1) is 14.8. The minimum absolute atomic E-state index is 0.0533. The van der Waals surface area contributed by atoms with Crippen molar-refractivity contribution in [1.82, 2.24) is 39.6 Å². The van der Waals surface area contributed by atoms with Crippen molar-refractivity contribution in [3.63, 3.8) is 0 Å². The summed E-state index contributed by atoms with van der Waals surface area (Å²) in [5.41, 5.74) is 1.26. The molecular formula is C14H14N8OS. The summed E-state index contributed by atoms with van der Waals surface area (Å²) in [6, 6.07) is -0.128. The van der Waals surface area contributed by atoms with Gasteiger partial charge in [0.1, 0.15) is 16.4 Å². The van der Waals surface area contributed by atoms with Crippen molar-refractivity contribution >= 4 is 17.4 Å². The number of nitrogens with one attached hydrogen (secondary N) is 1. The number of hydrogen-bond donors (Lipinski definition) is 1. The van der Waals surface area contributed by atoms with Crippen molar-refractivity contribution in [2.45, 2.75) is 25.8 Å². The Balaban J connectivity index is 1.61. The SMILES string of the molecule is Cc1nnsc1C(=O)N1CCCC1c1nc(-c2cnccn2)n[nH]1. The lowest BCUT2D eigenvalue weighted by molar-refractivity contribution is 0.0734. The zero-order valence-electron chi connectivity index (χ0n) is 12.9. The van der Waals surface area contributed by atoms with E-state index in [1.54, 1.807) is 25.5 Å². The van der Waals surface area contributed by atoms with Gasteiger partial charge >= 0.3 is 0 Å². The van der Waals surface area contributed by atoms with Crippen LogP contribution >= 0.6 is 11.5 Å². The smallest absolute Gasteiger partial charge is 0.268 e. The number of rotatable bonds is 3. The molecule has 24 heavy (non-hydrogen) atoms. The molecule has 1 aliphatic heterocycles. The number of carbonyl (C=O) groups is 1. The van der Waals surface area contributed by atoms with Gasteiger partial charge in [0.2, 0.25) is 5.82 Å². The summed E-state index contributed by atoms with van der Waals surface area (Å²) in [7, 11) is 0. The number of carbonyl (C=O) groups excluding carboxylic acids is 1. The Kier molecular flexibility index (Phi) is 3.73. The molecule has 1 unspecified atom stereocenters. The molecule has 0 bridgehead atoms. The maximum Gasteiger partial charge on any atom is 0.268 e. The summed E-state index contributed by atoms with van der Waals surface area (Å²) in [6.45, 7) is 2.48. The molecule has 4 rings (SSSR count). The monoisotopic (exact) mass is 342 g/mol. The summed E-state index contributed by atoms with van der Waals surface area (Å²) in [5, 5.41) is 11.1. The summed E-state index contributed by atoms with van der Waals surface area (Å²) in [6.07, 6.45) is 6.56. The van der Waals surface area contributed by atoms with Crippen molar-refractivity contribution in [1.29, 1.82) is 0 Å². The van der Waals surface area contributed by atoms with Crippen LogP contribution in [-0.4, -0.2) is 52.1 Å². The topological polar surface area (TPSA) is 113 Å². The Labute approximate surface area is 141 Å². The predicted molar refractivity (Wildman–Crippen MR) is 85.1 cm³/mol. The number of nitrogens with zero attached hydrogens (tertiary/aromatic N) is 7. The minimum atomic E-state index is -0.128. The molecule has 3 aromatic rings. The Hall–Kier alpha value is -2.75. The van der Waals surface area contributed by atoms with Crippen LogP contribution in [0.2, 0.25) is 0 Å². The molecule has 9 nitrogen and oxygen atoms in total. The maximum atomic E-state index is 12.8. The third-order valence-electron chi connectivity index (χ3n) is 3.97. The van der Waals surface area contributed by atoms with Crippen LogP contribution in [0.15, 0.2) is 18.6 Å². The molecule has 1 amide bonds. The van der Waals surface area contributed by atoms with Gasteiger partial charge in [-0.1, -0.05) is 4.49 Å². The lowest BCUT2D eigenvalue weighted by atomic mass is 10.2. The highest BCUT2D eigenvalue weighted by Crippen LogP contribution is 2.32. The first-order valence-electron chi connectivity index (χ1n) is 7.52. The highest BCUT2D eigenvalue weighted by atomic mass is 32.1. The van der Waals surface area contributed by atoms with E-state index in [4.69, 9.17) is 0 Å². The number of H-pyrrole nitrogens is 1. The lowest BCUT2D eigenvalue weighted by Crippen LogP contribution is -2.31. The van der Waals surface area contributed by atoms with E-state index in [2.05, 4.69) is 34.7 Å². The van der Waals surface area contributed by atoms with E-state index in [0.29, 0.717) is 34.5 Å². The average Bonchev–Trinajstić information content (AvgIpc) is 3.35. The van der Waals surface area contributed by atoms with Crippen LogP contribution in [-0.2, 0) is 0 Å². The van der Waals surface area contributed by atoms with Gasteiger partial charge in [-0.05, 0) is 31.3 Å². The van der Waals surface area contributed by atoms with E-state index in [-0.39, 0.29) is 11.9 Å². The van der Waals surface area contributed by atoms with Gasteiger partial charge in [0, 0.05) is 18.9 Å². The zero-order valence-corrected chi connectivity index (χ0v) is 13.7. The molecule has 1 fully saturated rings. The normalized spacial score (nSPS) is 17.4. The molecule has 3 aromatic heterocycles. The van der Waals surface area contributed by atoms with Crippen LogP contribution < -0.4 is 0 Å². The van der Waals surface area contributed by atoms with Gasteiger partial charge in [-0.15, -0.1) is 5.10 Å². The highest BCUT2D eigenvalue weighted by Gasteiger charge is 2.34. The van der Waals surface area contributed by atoms with Gasteiger partial charge in [-0.2, -0.15) is 5.10 Å². The fraction of sp³-hybridized carbons (Fsp3) is 0.357. The van der Waals surface area contributed by atoms with Gasteiger partial charge in [0.15, 0.2) is 0 Å². The van der Waals surface area contributed by atoms with Gasteiger partial charge in [0.25, 0.3) is 5.91 Å². The Morgan fingerprint density at radius 1 is 1.42 bits per heavy atom. The molecular weight excluding hydrogens is 328 g/mol. The molecule has 4 heterocycles. The number of hydrogen-bond acceptors (Lipinski definition) is 8. The Morgan fingerprint density at radius 2 is 2.33 bits per heavy atom. The van der Waals surface area contributed by atoms with Crippen LogP contribution in [0.1, 0.15) is 40.1 Å². The molecule has 10 heteroatoms. The first-order valence-corrected chi connectivity index (χ1v) is 8.30. The summed E-state index contributed by atoms with van der Waals surface area (Å²) in [5.74, 6) is 1.09. The number of likely N-dealkylation sites (tertiary alicyclic amines) is 1. The molecule has 1 N–H and O–H groups in total. The number of aromatic nitrogens is 7. The number of aryl methyl sites for hydroxylation is 1. The van der Waals surface area contributed by atoms with Gasteiger partial charge in [-0.25, -0.2) is 9.97 Å². The summed E-state index contributed by atoms with van der Waals surface area (Å²) >= 11 is 1.13. The average molecular weight is 342 g/mol. The summed E-state index contributed by atoms with van der Waals surface area (Å²) in [4.78, 5) is 27.9. The standard InChI is InChI=1S/C14H14N8OS/c1-8-11(24-21-18-8)14(23)22-6-2-3-10(22)13-17-12(19-20-13)9-7-15-4-5-16-9/h4-5,7,10H,2-3,6H2,1H3,(H,17,19,20). The third-order valence-corrected chi connectivity index (χ3v) is 4.79. The molecule has 0 aliphatic carbocycles. The van der Waals surface area contributed by atoms with Crippen LogP contribution in [0.25, 0.3) is 11.5 Å². The van der Waals surface area contributed by atoms with Crippen LogP contribution in [0.4, 0.5) is 0 Å². The largest absolute Gasteiger partial charge is 0.328 e. The van der Waals surface area contributed by atoms with E-state index in [9.17, 15) is 4.79 Å². The fourth-order valence-corrected chi connectivity index (χ4v) is 3.42. The Morgan fingerprint density at radius 3 is 3.08 bits per heavy atom. The van der Waals surface area contributed by atoms with Gasteiger partial charge < -0.3 is 4.90 Å². The van der Waals surface area contributed by atoms with Crippen molar-refractivity contribution in [3.8, 4) is 11.5 Å². The highest BCUT2D eigenvalue weighted by molar-refractivity contribution is 7.07. The lowest BCUT2D eigenvalue weighted by Gasteiger charge is -2.22. The minimum Gasteiger partial charge on any atom is -0.328 e. The van der Waals surface area contributed by atoms with E-state index in [1.165, 1.54) is 0 Å². The summed E-state index contributed by atoms with van der Waals surface area (Å²) < 4.78 is 3.85. The quantitative estimate of drug-likeness (QED) is 0.765. The first-order chi connectivity index (χ1) is 11.7. The second-order valence-corrected chi connectivity index (χ2v) is 6.23. The van der Waals surface area contributed by atoms with Gasteiger partial charge in [0.05, 0.1) is 17.9 Å². The molecule has 122 valence electrons. The third kappa shape index (κ3) is 2.54. The maximum absolute atomic E-state index is 12.8. The molecule has 1 aliphatic rings. The van der Waals surface area contributed by atoms with Crippen LogP contribution in [0.5, 0.6) is 0 Å². The van der Waals surface area contributed by atoms with Crippen molar-refractivity contribution < 1.29 is 4.79 Å². The predicted octanol–water partition coefficient (Wildman–Crippen LogP) is 1.40. The molecule has 0 aromatic carbocycles. The van der Waals surface area contributed by atoms with E-state index in [0.717, 1.165) is 24.4 Å².